The van der Waals surface area contributed by atoms with Crippen molar-refractivity contribution in [1.82, 2.24) is 0 Å². The fourth-order valence-corrected chi connectivity index (χ4v) is 2.54. The van der Waals surface area contributed by atoms with E-state index >= 15 is 0 Å². The first kappa shape index (κ1) is 12.9. The molecule has 3 N–H and O–H groups in total. The summed E-state index contributed by atoms with van der Waals surface area (Å²) in [6.45, 7) is 0. The first-order valence-corrected chi connectivity index (χ1v) is 6.05. The molecule has 96 valence electrons. The van der Waals surface area contributed by atoms with Gasteiger partial charge in [-0.2, -0.15) is 0 Å². The summed E-state index contributed by atoms with van der Waals surface area (Å²) in [6.07, 6.45) is 1.40. The maximum atomic E-state index is 10.7. The van der Waals surface area contributed by atoms with Crippen LogP contribution >= 0.6 is 15.9 Å². The monoisotopic (exact) mass is 313 g/mol. The lowest BCUT2D eigenvalue weighted by atomic mass is 10.0. The van der Waals surface area contributed by atoms with Gasteiger partial charge in [-0.25, -0.2) is 0 Å². The standard InChI is InChI=1S/C12H12BrNO4/c1-17-9-4-7(8(14)5-10(15)16)11(13)6-2-3-18-12(6)9/h2-4,8H,5,14H2,1H3,(H,15,16). The summed E-state index contributed by atoms with van der Waals surface area (Å²) >= 11 is 3.43. The molecule has 5 nitrogen and oxygen atoms in total. The zero-order valence-electron chi connectivity index (χ0n) is 9.64. The molecule has 1 heterocycles. The van der Waals surface area contributed by atoms with Crippen LogP contribution in [-0.2, 0) is 4.79 Å². The number of carboxylic acid groups (broad SMARTS) is 1. The maximum Gasteiger partial charge on any atom is 0.305 e. The van der Waals surface area contributed by atoms with E-state index in [0.717, 1.165) is 9.86 Å². The van der Waals surface area contributed by atoms with E-state index < -0.39 is 12.0 Å². The van der Waals surface area contributed by atoms with E-state index in [-0.39, 0.29) is 6.42 Å². The molecule has 0 amide bonds. The van der Waals surface area contributed by atoms with E-state index in [4.69, 9.17) is 20.0 Å². The highest BCUT2D eigenvalue weighted by Gasteiger charge is 2.19. The third-order valence-electron chi connectivity index (χ3n) is 2.68. The van der Waals surface area contributed by atoms with E-state index in [1.807, 2.05) is 0 Å². The zero-order chi connectivity index (χ0) is 13.3. The van der Waals surface area contributed by atoms with Crippen molar-refractivity contribution in [3.63, 3.8) is 0 Å². The number of benzene rings is 1. The number of furan rings is 1. The molecule has 2 rings (SSSR count). The summed E-state index contributed by atoms with van der Waals surface area (Å²) in [5, 5.41) is 9.60. The number of fused-ring (bicyclic) bond motifs is 1. The van der Waals surface area contributed by atoms with Gasteiger partial charge in [-0.1, -0.05) is 0 Å². The molecule has 0 aliphatic heterocycles. The van der Waals surface area contributed by atoms with Crippen molar-refractivity contribution in [2.75, 3.05) is 7.11 Å². The highest BCUT2D eigenvalue weighted by molar-refractivity contribution is 9.10. The van der Waals surface area contributed by atoms with Crippen molar-refractivity contribution >= 4 is 32.9 Å². The molecule has 0 saturated heterocycles. The van der Waals surface area contributed by atoms with Gasteiger partial charge < -0.3 is 20.0 Å². The highest BCUT2D eigenvalue weighted by atomic mass is 79.9. The minimum absolute atomic E-state index is 0.148. The van der Waals surface area contributed by atoms with E-state index in [2.05, 4.69) is 15.9 Å². The molecule has 1 aromatic carbocycles. The Morgan fingerprint density at radius 2 is 2.39 bits per heavy atom. The molecule has 2 aromatic rings. The second-order valence-electron chi connectivity index (χ2n) is 3.85. The number of carbonyl (C=O) groups is 1. The largest absolute Gasteiger partial charge is 0.493 e. The molecular formula is C12H12BrNO4. The fraction of sp³-hybridized carbons (Fsp3) is 0.250. The van der Waals surface area contributed by atoms with Gasteiger partial charge in [0, 0.05) is 15.9 Å². The lowest BCUT2D eigenvalue weighted by molar-refractivity contribution is -0.137. The summed E-state index contributed by atoms with van der Waals surface area (Å²) in [5.74, 6) is -0.408. The highest BCUT2D eigenvalue weighted by Crippen LogP contribution is 2.38. The van der Waals surface area contributed by atoms with E-state index in [0.29, 0.717) is 16.9 Å². The molecule has 0 aliphatic carbocycles. The second-order valence-corrected chi connectivity index (χ2v) is 4.64. The Balaban J connectivity index is 2.56. The van der Waals surface area contributed by atoms with Crippen molar-refractivity contribution in [3.8, 4) is 5.75 Å². The van der Waals surface area contributed by atoms with Gasteiger partial charge in [0.05, 0.1) is 19.8 Å². The van der Waals surface area contributed by atoms with Gasteiger partial charge in [-0.15, -0.1) is 0 Å². The van der Waals surface area contributed by atoms with Crippen LogP contribution in [0.5, 0.6) is 5.75 Å². The number of aliphatic carboxylic acids is 1. The van der Waals surface area contributed by atoms with Crippen molar-refractivity contribution in [1.29, 1.82) is 0 Å². The Morgan fingerprint density at radius 3 is 3.00 bits per heavy atom. The maximum absolute atomic E-state index is 10.7. The first-order valence-electron chi connectivity index (χ1n) is 5.25. The molecule has 0 fully saturated rings. The Bertz CT molecular complexity index is 593. The lowest BCUT2D eigenvalue weighted by Crippen LogP contribution is -2.15. The van der Waals surface area contributed by atoms with Gasteiger partial charge >= 0.3 is 5.97 Å². The van der Waals surface area contributed by atoms with Crippen molar-refractivity contribution in [2.45, 2.75) is 12.5 Å². The SMILES string of the molecule is COc1cc(C(N)CC(=O)O)c(Br)c2ccoc12. The van der Waals surface area contributed by atoms with Crippen molar-refractivity contribution in [2.24, 2.45) is 5.73 Å². The van der Waals surface area contributed by atoms with Crippen LogP contribution < -0.4 is 10.5 Å². The van der Waals surface area contributed by atoms with Crippen LogP contribution in [0.1, 0.15) is 18.0 Å². The van der Waals surface area contributed by atoms with Crippen LogP contribution in [0.25, 0.3) is 11.0 Å². The number of hydrogen-bond acceptors (Lipinski definition) is 4. The van der Waals surface area contributed by atoms with Gasteiger partial charge in [0.15, 0.2) is 11.3 Å². The molecular weight excluding hydrogens is 302 g/mol. The van der Waals surface area contributed by atoms with Gasteiger partial charge in [0.2, 0.25) is 0 Å². The van der Waals surface area contributed by atoms with Crippen LogP contribution in [0.3, 0.4) is 0 Å². The number of ether oxygens (including phenoxy) is 1. The van der Waals surface area contributed by atoms with Crippen LogP contribution in [0, 0.1) is 0 Å². The second kappa shape index (κ2) is 4.99. The van der Waals surface area contributed by atoms with Crippen LogP contribution in [0.15, 0.2) is 27.3 Å². The third kappa shape index (κ3) is 2.21. The molecule has 0 bridgehead atoms. The number of methoxy groups -OCH3 is 1. The molecule has 0 spiro atoms. The van der Waals surface area contributed by atoms with E-state index in [1.165, 1.54) is 7.11 Å². The Kier molecular flexibility index (Phi) is 3.58. The van der Waals surface area contributed by atoms with Gasteiger partial charge in [0.25, 0.3) is 0 Å². The normalized spacial score (nSPS) is 12.6. The van der Waals surface area contributed by atoms with Crippen LogP contribution in [-0.4, -0.2) is 18.2 Å². The summed E-state index contributed by atoms with van der Waals surface area (Å²) in [5.41, 5.74) is 7.17. The quantitative estimate of drug-likeness (QED) is 0.906. The smallest absolute Gasteiger partial charge is 0.305 e. The fourth-order valence-electron chi connectivity index (χ4n) is 1.82. The third-order valence-corrected chi connectivity index (χ3v) is 3.56. The molecule has 0 radical (unpaired) electrons. The molecule has 1 unspecified atom stereocenters. The van der Waals surface area contributed by atoms with Gasteiger partial charge in [-0.3, -0.25) is 4.79 Å². The predicted molar refractivity (Wildman–Crippen MR) is 69.6 cm³/mol. The summed E-state index contributed by atoms with van der Waals surface area (Å²) in [6, 6.07) is 2.87. The molecule has 18 heavy (non-hydrogen) atoms. The summed E-state index contributed by atoms with van der Waals surface area (Å²) in [4.78, 5) is 10.7. The lowest BCUT2D eigenvalue weighted by Gasteiger charge is -2.14. The zero-order valence-corrected chi connectivity index (χ0v) is 11.2. The number of nitrogens with two attached hydrogens (primary N) is 1. The Hall–Kier alpha value is -1.53. The van der Waals surface area contributed by atoms with Gasteiger partial charge in [0.1, 0.15) is 0 Å². The van der Waals surface area contributed by atoms with Crippen molar-refractivity contribution < 1.29 is 19.1 Å². The van der Waals surface area contributed by atoms with Crippen molar-refractivity contribution in [3.05, 3.63) is 28.4 Å². The average Bonchev–Trinajstić information content (AvgIpc) is 2.78. The number of hydrogen-bond donors (Lipinski definition) is 2. The minimum Gasteiger partial charge on any atom is -0.493 e. The number of rotatable bonds is 4. The summed E-state index contributed by atoms with van der Waals surface area (Å²) in [7, 11) is 1.53. The molecule has 0 saturated carbocycles. The summed E-state index contributed by atoms with van der Waals surface area (Å²) < 4.78 is 11.3. The topological polar surface area (TPSA) is 85.7 Å². The average molecular weight is 314 g/mol. The molecule has 6 heteroatoms. The predicted octanol–water partition coefficient (Wildman–Crippen LogP) is 2.68. The Labute approximate surface area is 112 Å². The Morgan fingerprint density at radius 1 is 1.67 bits per heavy atom. The molecule has 1 aromatic heterocycles. The van der Waals surface area contributed by atoms with E-state index in [9.17, 15) is 4.79 Å². The number of halogens is 1. The first-order chi connectivity index (χ1) is 8.54. The molecule has 1 atom stereocenters. The number of carboxylic acids is 1. The van der Waals surface area contributed by atoms with E-state index in [1.54, 1.807) is 18.4 Å². The minimum atomic E-state index is -0.944. The van der Waals surface area contributed by atoms with Crippen LogP contribution in [0.2, 0.25) is 0 Å². The molecule has 0 aliphatic rings. The van der Waals surface area contributed by atoms with Gasteiger partial charge in [-0.05, 0) is 33.6 Å². The van der Waals surface area contributed by atoms with Crippen LogP contribution in [0.4, 0.5) is 0 Å².